The summed E-state index contributed by atoms with van der Waals surface area (Å²) in [5.41, 5.74) is 1.52. The second-order valence-corrected chi connectivity index (χ2v) is 5.59. The van der Waals surface area contributed by atoms with E-state index in [-0.39, 0.29) is 24.1 Å². The predicted molar refractivity (Wildman–Crippen MR) is 97.0 cm³/mol. The Bertz CT molecular complexity index is 1060. The van der Waals surface area contributed by atoms with Crippen molar-refractivity contribution in [3.8, 4) is 18.1 Å². The van der Waals surface area contributed by atoms with Crippen LogP contribution in [0.5, 0.6) is 5.75 Å². The maximum atomic E-state index is 12.8. The topological polar surface area (TPSA) is 91.0 Å². The average Bonchev–Trinajstić information content (AvgIpc) is 2.87. The van der Waals surface area contributed by atoms with Gasteiger partial charge in [-0.25, -0.2) is 9.78 Å². The van der Waals surface area contributed by atoms with Crippen molar-refractivity contribution < 1.29 is 9.53 Å². The molecule has 1 aromatic carbocycles. The van der Waals surface area contributed by atoms with Gasteiger partial charge in [0.05, 0.1) is 26.4 Å². The van der Waals surface area contributed by atoms with E-state index in [4.69, 9.17) is 11.2 Å². The van der Waals surface area contributed by atoms with E-state index in [9.17, 15) is 9.59 Å². The number of carbonyl (C=O) groups excluding carboxylic acids is 1. The lowest BCUT2D eigenvalue weighted by Gasteiger charge is -2.05. The van der Waals surface area contributed by atoms with E-state index in [1.807, 2.05) is 24.3 Å². The third-order valence-corrected chi connectivity index (χ3v) is 3.80. The van der Waals surface area contributed by atoms with Gasteiger partial charge in [-0.2, -0.15) is 4.98 Å². The fourth-order valence-electron chi connectivity index (χ4n) is 2.61. The van der Waals surface area contributed by atoms with Crippen molar-refractivity contribution in [3.05, 3.63) is 46.5 Å². The maximum absolute atomic E-state index is 12.8. The zero-order valence-electron chi connectivity index (χ0n) is 14.4. The van der Waals surface area contributed by atoms with Crippen molar-refractivity contribution in [3.63, 3.8) is 0 Å². The lowest BCUT2D eigenvalue weighted by molar-refractivity contribution is -0.114. The highest BCUT2D eigenvalue weighted by molar-refractivity contribution is 5.87. The van der Waals surface area contributed by atoms with E-state index in [1.54, 1.807) is 7.11 Å². The minimum atomic E-state index is -0.295. The average molecular weight is 351 g/mol. The number of aromatic nitrogens is 4. The quantitative estimate of drug-likeness (QED) is 0.699. The number of fused-ring (bicyclic) bond motifs is 1. The van der Waals surface area contributed by atoms with Crippen LogP contribution in [0.2, 0.25) is 0 Å². The first-order chi connectivity index (χ1) is 12.5. The Morgan fingerprint density at radius 2 is 2.04 bits per heavy atom. The van der Waals surface area contributed by atoms with Crippen molar-refractivity contribution in [2.75, 3.05) is 12.4 Å². The molecule has 3 rings (SSSR count). The largest absolute Gasteiger partial charge is 0.497 e. The zero-order chi connectivity index (χ0) is 18.7. The number of rotatable bonds is 5. The molecule has 1 N–H and O–H groups in total. The number of amides is 1. The number of terminal acetylenes is 1. The minimum Gasteiger partial charge on any atom is -0.497 e. The van der Waals surface area contributed by atoms with Crippen LogP contribution in [-0.2, 0) is 17.9 Å². The van der Waals surface area contributed by atoms with Gasteiger partial charge in [0.25, 0.3) is 0 Å². The molecule has 0 saturated carbocycles. The molecule has 26 heavy (non-hydrogen) atoms. The van der Waals surface area contributed by atoms with Crippen LogP contribution in [0.15, 0.2) is 35.3 Å². The van der Waals surface area contributed by atoms with Gasteiger partial charge in [-0.15, -0.1) is 6.42 Å². The molecule has 8 nitrogen and oxygen atoms in total. The molecule has 2 aromatic heterocycles. The van der Waals surface area contributed by atoms with Gasteiger partial charge in [0.1, 0.15) is 11.3 Å². The third-order valence-electron chi connectivity index (χ3n) is 3.80. The van der Waals surface area contributed by atoms with Crippen LogP contribution in [0, 0.1) is 12.3 Å². The summed E-state index contributed by atoms with van der Waals surface area (Å²) in [5.74, 6) is 3.03. The summed E-state index contributed by atoms with van der Waals surface area (Å²) in [6, 6.07) is 7.37. The van der Waals surface area contributed by atoms with Crippen molar-refractivity contribution in [1.82, 2.24) is 19.1 Å². The Morgan fingerprint density at radius 3 is 2.65 bits per heavy atom. The van der Waals surface area contributed by atoms with E-state index >= 15 is 0 Å². The number of benzene rings is 1. The summed E-state index contributed by atoms with van der Waals surface area (Å²) >= 11 is 0. The van der Waals surface area contributed by atoms with Crippen LogP contribution in [0.4, 0.5) is 5.95 Å². The van der Waals surface area contributed by atoms with E-state index in [0.717, 1.165) is 11.3 Å². The highest BCUT2D eigenvalue weighted by Gasteiger charge is 2.16. The van der Waals surface area contributed by atoms with Crippen LogP contribution < -0.4 is 15.7 Å². The van der Waals surface area contributed by atoms with Crippen LogP contribution in [0.1, 0.15) is 12.5 Å². The molecule has 0 bridgehead atoms. The van der Waals surface area contributed by atoms with Crippen LogP contribution in [0.25, 0.3) is 11.2 Å². The van der Waals surface area contributed by atoms with Crippen molar-refractivity contribution in [2.24, 2.45) is 0 Å². The molecule has 8 heteroatoms. The molecule has 1 amide bonds. The van der Waals surface area contributed by atoms with Gasteiger partial charge in [-0.1, -0.05) is 18.1 Å². The predicted octanol–water partition coefficient (Wildman–Crippen LogP) is 1.24. The monoisotopic (exact) mass is 351 g/mol. The number of anilines is 1. The first-order valence-electron chi connectivity index (χ1n) is 7.83. The number of nitrogens with zero attached hydrogens (tertiary/aromatic N) is 4. The van der Waals surface area contributed by atoms with E-state index in [0.29, 0.717) is 17.7 Å². The van der Waals surface area contributed by atoms with Crippen molar-refractivity contribution >= 4 is 23.0 Å². The minimum absolute atomic E-state index is 0.105. The fraction of sp³-hybridized carbons (Fsp3) is 0.222. The number of imidazole rings is 1. The normalized spacial score (nSPS) is 10.5. The molecule has 0 spiro atoms. The first kappa shape index (κ1) is 17.2. The lowest BCUT2D eigenvalue weighted by atomic mass is 10.2. The summed E-state index contributed by atoms with van der Waals surface area (Å²) < 4.78 is 8.07. The third kappa shape index (κ3) is 3.28. The molecule has 132 valence electrons. The summed E-state index contributed by atoms with van der Waals surface area (Å²) in [7, 11) is 1.59. The van der Waals surface area contributed by atoms with Gasteiger partial charge in [0.15, 0.2) is 5.65 Å². The summed E-state index contributed by atoms with van der Waals surface area (Å²) in [5, 5.41) is 2.52. The molecule has 3 aromatic rings. The number of methoxy groups -OCH3 is 1. The molecular formula is C18H17N5O3. The first-order valence-corrected chi connectivity index (χ1v) is 7.83. The molecule has 0 unspecified atom stereocenters. The summed E-state index contributed by atoms with van der Waals surface area (Å²) in [4.78, 5) is 32.4. The Labute approximate surface area is 149 Å². The van der Waals surface area contributed by atoms with Gasteiger partial charge < -0.3 is 4.74 Å². The van der Waals surface area contributed by atoms with Gasteiger partial charge in [-0.05, 0) is 17.7 Å². The van der Waals surface area contributed by atoms with Gasteiger partial charge >= 0.3 is 5.69 Å². The van der Waals surface area contributed by atoms with Gasteiger partial charge in [0.2, 0.25) is 11.9 Å². The molecule has 0 aliphatic heterocycles. The van der Waals surface area contributed by atoms with E-state index < -0.39 is 0 Å². The number of carbonyl (C=O) groups is 1. The fourth-order valence-corrected chi connectivity index (χ4v) is 2.61. The number of hydrogen-bond acceptors (Lipinski definition) is 5. The molecule has 0 radical (unpaired) electrons. The number of hydrogen-bond donors (Lipinski definition) is 1. The molecule has 0 atom stereocenters. The molecule has 0 fully saturated rings. The molecule has 0 saturated heterocycles. The Kier molecular flexibility index (Phi) is 4.71. The zero-order valence-corrected chi connectivity index (χ0v) is 14.4. The second-order valence-electron chi connectivity index (χ2n) is 5.59. The van der Waals surface area contributed by atoms with Crippen LogP contribution in [0.3, 0.4) is 0 Å². The second kappa shape index (κ2) is 7.11. The molecular weight excluding hydrogens is 334 g/mol. The number of nitrogens with one attached hydrogen (secondary N) is 1. The van der Waals surface area contributed by atoms with Crippen molar-refractivity contribution in [2.45, 2.75) is 20.0 Å². The Balaban J connectivity index is 2.11. The van der Waals surface area contributed by atoms with Crippen LogP contribution in [-0.4, -0.2) is 32.1 Å². The summed E-state index contributed by atoms with van der Waals surface area (Å²) in [6.07, 6.45) is 6.86. The Hall–Kier alpha value is -3.60. The van der Waals surface area contributed by atoms with Gasteiger partial charge in [0, 0.05) is 6.92 Å². The van der Waals surface area contributed by atoms with E-state index in [2.05, 4.69) is 21.2 Å². The maximum Gasteiger partial charge on any atom is 0.331 e. The van der Waals surface area contributed by atoms with Crippen LogP contribution >= 0.6 is 0 Å². The Morgan fingerprint density at radius 1 is 1.31 bits per heavy atom. The molecule has 2 heterocycles. The smallest absolute Gasteiger partial charge is 0.331 e. The summed E-state index contributed by atoms with van der Waals surface area (Å²) in [6.45, 7) is 1.77. The molecule has 0 aliphatic rings. The SMILES string of the molecule is C#CCn1c(=O)n(Cc2ccc(OC)cc2)c2nc(NC(C)=O)ncc21. The highest BCUT2D eigenvalue weighted by atomic mass is 16.5. The lowest BCUT2D eigenvalue weighted by Crippen LogP contribution is -2.24. The van der Waals surface area contributed by atoms with E-state index in [1.165, 1.54) is 22.3 Å². The van der Waals surface area contributed by atoms with Gasteiger partial charge in [-0.3, -0.25) is 19.2 Å². The highest BCUT2D eigenvalue weighted by Crippen LogP contribution is 2.16. The standard InChI is InChI=1S/C18H17N5O3/c1-4-9-22-15-10-19-17(20-12(2)24)21-16(15)23(18(22)25)11-13-5-7-14(26-3)8-6-13/h1,5-8,10H,9,11H2,2-3H3,(H,19,20,21,24). The van der Waals surface area contributed by atoms with Crippen molar-refractivity contribution in [1.29, 1.82) is 0 Å². The number of ether oxygens (including phenoxy) is 1. The molecule has 0 aliphatic carbocycles.